The van der Waals surface area contributed by atoms with Crippen LogP contribution in [0.1, 0.15) is 15.9 Å². The lowest BCUT2D eigenvalue weighted by Gasteiger charge is -2.07. The van der Waals surface area contributed by atoms with Crippen LogP contribution in [0.4, 0.5) is 11.4 Å². The van der Waals surface area contributed by atoms with E-state index in [9.17, 15) is 13.2 Å². The molecule has 4 rings (SSSR count). The van der Waals surface area contributed by atoms with E-state index in [2.05, 4.69) is 26.7 Å². The molecule has 30 heavy (non-hydrogen) atoms. The molecule has 3 aromatic carbocycles. The summed E-state index contributed by atoms with van der Waals surface area (Å²) in [6, 6.07) is 24.4. The van der Waals surface area contributed by atoms with Gasteiger partial charge in [0.25, 0.3) is 5.91 Å². The molecular formula is C23H21N3O3S. The van der Waals surface area contributed by atoms with Crippen LogP contribution in [0, 0.1) is 0 Å². The van der Waals surface area contributed by atoms with Gasteiger partial charge < -0.3 is 9.88 Å². The average molecular weight is 420 g/mol. The number of benzene rings is 3. The molecule has 0 spiro atoms. The van der Waals surface area contributed by atoms with Crippen LogP contribution in [-0.4, -0.2) is 25.1 Å². The van der Waals surface area contributed by atoms with Crippen LogP contribution >= 0.6 is 0 Å². The second-order valence-electron chi connectivity index (χ2n) is 7.08. The average Bonchev–Trinajstić information content (AvgIpc) is 3.08. The molecule has 1 amide bonds. The number of hydrogen-bond donors (Lipinski definition) is 2. The summed E-state index contributed by atoms with van der Waals surface area (Å²) in [5, 5.41) is 3.76. The van der Waals surface area contributed by atoms with Gasteiger partial charge in [-0.3, -0.25) is 9.52 Å². The summed E-state index contributed by atoms with van der Waals surface area (Å²) in [7, 11) is -3.34. The molecule has 0 radical (unpaired) electrons. The molecular weight excluding hydrogens is 398 g/mol. The van der Waals surface area contributed by atoms with Crippen LogP contribution in [0.2, 0.25) is 0 Å². The highest BCUT2D eigenvalue weighted by Crippen LogP contribution is 2.24. The minimum Gasteiger partial charge on any atom is -0.342 e. The first-order chi connectivity index (χ1) is 14.4. The Balaban J connectivity index is 1.59. The van der Waals surface area contributed by atoms with Crippen LogP contribution in [-0.2, 0) is 16.6 Å². The van der Waals surface area contributed by atoms with Gasteiger partial charge in [0, 0.05) is 35.0 Å². The zero-order chi connectivity index (χ0) is 21.1. The summed E-state index contributed by atoms with van der Waals surface area (Å²) >= 11 is 0. The first-order valence-corrected chi connectivity index (χ1v) is 11.3. The molecule has 1 heterocycles. The zero-order valence-electron chi connectivity index (χ0n) is 16.4. The summed E-state index contributed by atoms with van der Waals surface area (Å²) in [6.07, 6.45) is 2.96. The Morgan fingerprint density at radius 1 is 0.867 bits per heavy atom. The number of aromatic nitrogens is 1. The molecule has 0 bridgehead atoms. The fourth-order valence-electron chi connectivity index (χ4n) is 3.37. The summed E-state index contributed by atoms with van der Waals surface area (Å²) in [5.74, 6) is -0.221. The lowest BCUT2D eigenvalue weighted by atomic mass is 10.1. The molecule has 7 heteroatoms. The first kappa shape index (κ1) is 19.7. The zero-order valence-corrected chi connectivity index (χ0v) is 17.2. The van der Waals surface area contributed by atoms with Crippen LogP contribution in [0.3, 0.4) is 0 Å². The number of hydrogen-bond acceptors (Lipinski definition) is 3. The van der Waals surface area contributed by atoms with E-state index < -0.39 is 10.0 Å². The second kappa shape index (κ2) is 8.04. The lowest BCUT2D eigenvalue weighted by Crippen LogP contribution is -2.12. The molecule has 0 unspecified atom stereocenters. The van der Waals surface area contributed by atoms with Gasteiger partial charge in [-0.25, -0.2) is 8.42 Å². The van der Waals surface area contributed by atoms with E-state index in [1.807, 2.05) is 48.7 Å². The van der Waals surface area contributed by atoms with Crippen LogP contribution < -0.4 is 10.0 Å². The number of sulfonamides is 1. The Morgan fingerprint density at radius 2 is 1.50 bits per heavy atom. The monoisotopic (exact) mass is 419 g/mol. The molecule has 0 aliphatic heterocycles. The molecule has 1 aromatic heterocycles. The third kappa shape index (κ3) is 4.52. The largest absolute Gasteiger partial charge is 0.342 e. The van der Waals surface area contributed by atoms with Crippen LogP contribution in [0.5, 0.6) is 0 Å². The maximum Gasteiger partial charge on any atom is 0.257 e. The fourth-order valence-corrected chi connectivity index (χ4v) is 3.94. The van der Waals surface area contributed by atoms with Crippen LogP contribution in [0.25, 0.3) is 10.9 Å². The predicted molar refractivity (Wildman–Crippen MR) is 120 cm³/mol. The number of fused-ring (bicyclic) bond motifs is 1. The Hall–Kier alpha value is -3.58. The predicted octanol–water partition coefficient (Wildman–Crippen LogP) is 4.31. The first-order valence-electron chi connectivity index (χ1n) is 9.40. The number of anilines is 2. The van der Waals surface area contributed by atoms with Gasteiger partial charge in [0.15, 0.2) is 0 Å². The molecule has 0 aliphatic carbocycles. The number of rotatable bonds is 6. The summed E-state index contributed by atoms with van der Waals surface area (Å²) in [6.45, 7) is 0.667. The lowest BCUT2D eigenvalue weighted by molar-refractivity contribution is 0.102. The van der Waals surface area contributed by atoms with E-state index >= 15 is 0 Å². The minimum atomic E-state index is -3.34. The number of nitrogens with one attached hydrogen (secondary N) is 2. The SMILES string of the molecule is CS(=O)(=O)Nc1ccc(NC(=O)c2cn(Cc3ccccc3)c3ccccc23)cc1. The van der Waals surface area contributed by atoms with Crippen molar-refractivity contribution < 1.29 is 13.2 Å². The summed E-state index contributed by atoms with van der Waals surface area (Å²) in [5.41, 5.74) is 3.74. The van der Waals surface area contributed by atoms with E-state index in [-0.39, 0.29) is 5.91 Å². The molecule has 0 atom stereocenters. The smallest absolute Gasteiger partial charge is 0.257 e. The summed E-state index contributed by atoms with van der Waals surface area (Å²) < 4.78 is 27.1. The van der Waals surface area contributed by atoms with Crippen molar-refractivity contribution in [2.24, 2.45) is 0 Å². The van der Waals surface area contributed by atoms with Gasteiger partial charge in [0.05, 0.1) is 11.8 Å². The van der Waals surface area contributed by atoms with E-state index in [4.69, 9.17) is 0 Å². The van der Waals surface area contributed by atoms with E-state index in [0.29, 0.717) is 23.5 Å². The van der Waals surface area contributed by atoms with Gasteiger partial charge in [-0.2, -0.15) is 0 Å². The molecule has 152 valence electrons. The molecule has 4 aromatic rings. The van der Waals surface area contributed by atoms with Gasteiger partial charge in [0.2, 0.25) is 10.0 Å². The molecule has 0 saturated heterocycles. The second-order valence-corrected chi connectivity index (χ2v) is 8.83. The Bertz CT molecular complexity index is 1290. The van der Waals surface area contributed by atoms with Crippen molar-refractivity contribution in [3.8, 4) is 0 Å². The number of para-hydroxylation sites is 1. The molecule has 2 N–H and O–H groups in total. The Morgan fingerprint density at radius 3 is 2.20 bits per heavy atom. The number of carbonyl (C=O) groups is 1. The highest BCUT2D eigenvalue weighted by atomic mass is 32.2. The summed E-state index contributed by atoms with van der Waals surface area (Å²) in [4.78, 5) is 13.0. The molecule has 6 nitrogen and oxygen atoms in total. The van der Waals surface area contributed by atoms with Crippen molar-refractivity contribution in [3.63, 3.8) is 0 Å². The highest BCUT2D eigenvalue weighted by molar-refractivity contribution is 7.92. The topological polar surface area (TPSA) is 80.2 Å². The Labute approximate surface area is 175 Å². The number of amides is 1. The van der Waals surface area contributed by atoms with Crippen molar-refractivity contribution in [1.82, 2.24) is 4.57 Å². The molecule has 0 saturated carbocycles. The van der Waals surface area contributed by atoms with E-state index in [0.717, 1.165) is 22.7 Å². The van der Waals surface area contributed by atoms with Crippen molar-refractivity contribution in [1.29, 1.82) is 0 Å². The minimum absolute atomic E-state index is 0.221. The Kier molecular flexibility index (Phi) is 5.29. The van der Waals surface area contributed by atoms with Gasteiger partial charge in [-0.1, -0.05) is 48.5 Å². The van der Waals surface area contributed by atoms with Crippen molar-refractivity contribution in [2.75, 3.05) is 16.3 Å². The van der Waals surface area contributed by atoms with Crippen molar-refractivity contribution >= 4 is 38.2 Å². The van der Waals surface area contributed by atoms with Gasteiger partial charge in [-0.15, -0.1) is 0 Å². The third-order valence-corrected chi connectivity index (χ3v) is 5.28. The molecule has 0 aliphatic rings. The third-order valence-electron chi connectivity index (χ3n) is 4.67. The fraction of sp³-hybridized carbons (Fsp3) is 0.0870. The maximum absolute atomic E-state index is 13.0. The van der Waals surface area contributed by atoms with Crippen molar-refractivity contribution in [3.05, 3.63) is 96.2 Å². The van der Waals surface area contributed by atoms with Gasteiger partial charge >= 0.3 is 0 Å². The van der Waals surface area contributed by atoms with E-state index in [1.165, 1.54) is 0 Å². The van der Waals surface area contributed by atoms with Gasteiger partial charge in [0.1, 0.15) is 0 Å². The van der Waals surface area contributed by atoms with E-state index in [1.54, 1.807) is 24.3 Å². The molecule has 0 fully saturated rings. The van der Waals surface area contributed by atoms with Crippen molar-refractivity contribution in [2.45, 2.75) is 6.54 Å². The quantitative estimate of drug-likeness (QED) is 0.489. The number of nitrogens with zero attached hydrogens (tertiary/aromatic N) is 1. The highest BCUT2D eigenvalue weighted by Gasteiger charge is 2.15. The van der Waals surface area contributed by atoms with Gasteiger partial charge in [-0.05, 0) is 35.9 Å². The van der Waals surface area contributed by atoms with Crippen LogP contribution in [0.15, 0.2) is 85.1 Å². The maximum atomic E-state index is 13.0. The number of carbonyl (C=O) groups excluding carboxylic acids is 1. The standard InChI is InChI=1S/C23H21N3O3S/c1-30(28,29)25-19-13-11-18(12-14-19)24-23(27)21-16-26(15-17-7-3-2-4-8-17)22-10-6-5-9-20(21)22/h2-14,16,25H,15H2,1H3,(H,24,27). The normalized spacial score (nSPS) is 11.4.